The van der Waals surface area contributed by atoms with Crippen LogP contribution in [0.3, 0.4) is 0 Å². The van der Waals surface area contributed by atoms with Crippen LogP contribution >= 0.6 is 0 Å². The molecule has 0 aromatic heterocycles. The van der Waals surface area contributed by atoms with Gasteiger partial charge in [0.25, 0.3) is 11.9 Å². The van der Waals surface area contributed by atoms with Crippen molar-refractivity contribution in [2.45, 2.75) is 18.9 Å². The Bertz CT molecular complexity index is 586. The first-order valence-electron chi connectivity index (χ1n) is 7.58. The normalized spacial score (nSPS) is 9.75. The fourth-order valence-corrected chi connectivity index (χ4v) is 0.861. The smallest absolute Gasteiger partial charge is 0.387 e. The van der Waals surface area contributed by atoms with E-state index in [1.807, 2.05) is 0 Å². The average Bonchev–Trinajstić information content (AvgIpc) is 2.52. The Labute approximate surface area is 162 Å². The monoisotopic (exact) mass is 406 g/mol. The molecule has 1 atom stereocenters. The van der Waals surface area contributed by atoms with Crippen LogP contribution in [0, 0.1) is 0 Å². The van der Waals surface area contributed by atoms with Crippen LogP contribution in [0.1, 0.15) is 12.8 Å². The van der Waals surface area contributed by atoms with Crippen LogP contribution in [-0.2, 0) is 9.59 Å². The summed E-state index contributed by atoms with van der Waals surface area (Å²) in [6.45, 7) is 0. The molecular formula is C13H32N11O4+. The van der Waals surface area contributed by atoms with E-state index in [1.54, 1.807) is 37.3 Å². The summed E-state index contributed by atoms with van der Waals surface area (Å²) in [6.07, 6.45) is -0.327. The summed E-state index contributed by atoms with van der Waals surface area (Å²) in [7, 11) is 7.01. The molecular weight excluding hydrogens is 374 g/mol. The molecule has 0 spiro atoms. The lowest BCUT2D eigenvalue weighted by molar-refractivity contribution is -0.466. The van der Waals surface area contributed by atoms with Crippen molar-refractivity contribution in [1.82, 2.24) is 0 Å². The van der Waals surface area contributed by atoms with Gasteiger partial charge in [-0.15, -0.1) is 0 Å². The van der Waals surface area contributed by atoms with Crippen molar-refractivity contribution in [3.63, 3.8) is 0 Å². The standard InChI is InChI=1S/C5H9NO4.2C4H11N5/c6-3(5(9)10)1-2-4(7)8;2*1-9(2)4(7)8-3(5)6/h3H,1-2,6H2,(H,7,8)(H,9,10);2*1-2H3,(H5,5,6,7,8)/p+1/t3-;;/m0../s1. The first-order chi connectivity index (χ1) is 12.6. The third kappa shape index (κ3) is 22.4. The minimum Gasteiger partial charge on any atom is -0.548 e. The van der Waals surface area contributed by atoms with E-state index < -0.39 is 18.0 Å². The fraction of sp³-hybridized carbons (Fsp3) is 0.538. The zero-order chi connectivity index (χ0) is 23.0. The highest BCUT2D eigenvalue weighted by atomic mass is 16.4. The van der Waals surface area contributed by atoms with E-state index in [2.05, 4.69) is 9.98 Å². The number of rotatable bonds is 4. The molecule has 0 saturated heterocycles. The van der Waals surface area contributed by atoms with E-state index in [-0.39, 0.29) is 24.8 Å². The van der Waals surface area contributed by atoms with Crippen molar-refractivity contribution < 1.29 is 29.0 Å². The number of nitrogens with zero attached hydrogens (tertiary/aromatic N) is 4. The van der Waals surface area contributed by atoms with Crippen LogP contribution in [-0.4, -0.2) is 84.3 Å². The zero-order valence-corrected chi connectivity index (χ0v) is 16.5. The van der Waals surface area contributed by atoms with Crippen LogP contribution in [0.15, 0.2) is 9.98 Å². The Hall–Kier alpha value is -3.62. The Balaban J connectivity index is -0.000000336. The lowest BCUT2D eigenvalue weighted by Gasteiger charge is -2.09. The summed E-state index contributed by atoms with van der Waals surface area (Å²) < 4.78 is 3.22. The molecule has 15 heteroatoms. The maximum atomic E-state index is 9.88. The maximum absolute atomic E-state index is 9.88. The number of nitrogens with two attached hydrogens (primary N) is 7. The van der Waals surface area contributed by atoms with Crippen LogP contribution in [0.5, 0.6) is 0 Å². The van der Waals surface area contributed by atoms with Gasteiger partial charge >= 0.3 is 17.9 Å². The summed E-state index contributed by atoms with van der Waals surface area (Å²) in [5.74, 6) is -1.93. The molecule has 0 aliphatic rings. The number of guanidine groups is 4. The highest BCUT2D eigenvalue weighted by Gasteiger charge is 2.05. The maximum Gasteiger partial charge on any atom is 0.387 e. The van der Waals surface area contributed by atoms with Crippen LogP contribution in [0.25, 0.3) is 0 Å². The van der Waals surface area contributed by atoms with Gasteiger partial charge in [0.2, 0.25) is 0 Å². The van der Waals surface area contributed by atoms with E-state index in [0.717, 1.165) is 0 Å². The van der Waals surface area contributed by atoms with Crippen molar-refractivity contribution in [1.29, 1.82) is 0 Å². The molecule has 0 amide bonds. The quantitative estimate of drug-likeness (QED) is 0.123. The number of aliphatic imine (C=N–C) groups is 2. The second kappa shape index (κ2) is 15.6. The Kier molecular flexibility index (Phi) is 16.3. The van der Waals surface area contributed by atoms with E-state index in [4.69, 9.17) is 45.2 Å². The molecule has 0 aromatic carbocycles. The van der Waals surface area contributed by atoms with Crippen LogP contribution in [0.4, 0.5) is 0 Å². The molecule has 0 radical (unpaired) electrons. The average molecular weight is 406 g/mol. The third-order valence-electron chi connectivity index (χ3n) is 2.38. The Morgan fingerprint density at radius 3 is 1.36 bits per heavy atom. The number of carboxylic acids is 2. The fourth-order valence-electron chi connectivity index (χ4n) is 0.861. The van der Waals surface area contributed by atoms with Gasteiger partial charge in [-0.25, -0.2) is 0 Å². The second-order valence-corrected chi connectivity index (χ2v) is 5.44. The van der Waals surface area contributed by atoms with E-state index in [9.17, 15) is 14.7 Å². The number of carboxylic acid groups (broad SMARTS) is 2. The van der Waals surface area contributed by atoms with E-state index >= 15 is 0 Å². The summed E-state index contributed by atoms with van der Waals surface area (Å²) in [6, 6.07) is -1.17. The van der Waals surface area contributed by atoms with Gasteiger partial charge < -0.3 is 43.7 Å². The Morgan fingerprint density at radius 2 is 1.21 bits per heavy atom. The van der Waals surface area contributed by atoms with Gasteiger partial charge in [-0.3, -0.25) is 25.4 Å². The molecule has 0 bridgehead atoms. The lowest BCUT2D eigenvalue weighted by Crippen LogP contribution is -2.41. The summed E-state index contributed by atoms with van der Waals surface area (Å²) in [4.78, 5) is 26.9. The molecule has 0 aliphatic heterocycles. The number of carbonyl (C=O) groups excluding carboxylic acids is 1. The summed E-state index contributed by atoms with van der Waals surface area (Å²) in [5, 5.41) is 18.0. The molecule has 0 heterocycles. The molecule has 0 aromatic rings. The van der Waals surface area contributed by atoms with Crippen LogP contribution < -0.4 is 45.2 Å². The first kappa shape index (κ1) is 29.2. The second-order valence-electron chi connectivity index (χ2n) is 5.44. The summed E-state index contributed by atoms with van der Waals surface area (Å²) >= 11 is 0. The molecule has 15 N–H and O–H groups in total. The highest BCUT2D eigenvalue weighted by Crippen LogP contribution is 1.92. The molecule has 162 valence electrons. The van der Waals surface area contributed by atoms with Crippen molar-refractivity contribution in [2.24, 2.45) is 50.1 Å². The third-order valence-corrected chi connectivity index (χ3v) is 2.38. The summed E-state index contributed by atoms with van der Waals surface area (Å²) in [5.41, 5.74) is 35.7. The van der Waals surface area contributed by atoms with Gasteiger partial charge in [-0.05, 0) is 16.4 Å². The van der Waals surface area contributed by atoms with Gasteiger partial charge in [-0.2, -0.15) is 0 Å². The van der Waals surface area contributed by atoms with E-state index in [1.165, 1.54) is 0 Å². The van der Waals surface area contributed by atoms with Crippen molar-refractivity contribution in [3.05, 3.63) is 0 Å². The van der Waals surface area contributed by atoms with Crippen molar-refractivity contribution in [2.75, 3.05) is 28.2 Å². The molecule has 28 heavy (non-hydrogen) atoms. The molecule has 0 fully saturated rings. The lowest BCUT2D eigenvalue weighted by atomic mass is 10.2. The van der Waals surface area contributed by atoms with Gasteiger partial charge in [0, 0.05) is 12.5 Å². The molecule has 0 saturated carbocycles. The first-order valence-corrected chi connectivity index (χ1v) is 7.58. The minimum absolute atomic E-state index is 0.0267. The van der Waals surface area contributed by atoms with Crippen molar-refractivity contribution >= 4 is 35.8 Å². The molecule has 0 unspecified atom stereocenters. The van der Waals surface area contributed by atoms with Crippen molar-refractivity contribution in [3.8, 4) is 0 Å². The highest BCUT2D eigenvalue weighted by molar-refractivity contribution is 5.90. The zero-order valence-electron chi connectivity index (χ0n) is 16.5. The Morgan fingerprint density at radius 1 is 0.893 bits per heavy atom. The largest absolute Gasteiger partial charge is 0.548 e. The SMILES string of the molecule is C[N+](C)=C(N)N=C(N)N.C[N+](C)=C(N)N=C(N)N.N[C@@H](CCC(=O)O)C(=O)[O-]. The molecule has 15 nitrogen and oxygen atoms in total. The van der Waals surface area contributed by atoms with E-state index in [0.29, 0.717) is 11.9 Å². The molecule has 0 rings (SSSR count). The minimum atomic E-state index is -1.42. The number of aliphatic carboxylic acids is 2. The van der Waals surface area contributed by atoms with Gasteiger partial charge in [0.1, 0.15) is 0 Å². The van der Waals surface area contributed by atoms with Gasteiger partial charge in [-0.1, -0.05) is 0 Å². The van der Waals surface area contributed by atoms with Crippen LogP contribution in [0.2, 0.25) is 0 Å². The topological polar surface area (TPSA) is 290 Å². The molecule has 0 aliphatic carbocycles. The van der Waals surface area contributed by atoms with Gasteiger partial charge in [0.15, 0.2) is 0 Å². The number of hydrogen-bond acceptors (Lipinski definition) is 4. The number of hydrogen-bond donors (Lipinski definition) is 8. The van der Waals surface area contributed by atoms with Gasteiger partial charge in [0.05, 0.1) is 34.2 Å². The predicted octanol–water partition coefficient (Wildman–Crippen LogP) is -6.38. The predicted molar refractivity (Wildman–Crippen MR) is 104 cm³/mol. The number of carbonyl (C=O) groups is 2.